The predicted octanol–water partition coefficient (Wildman–Crippen LogP) is 0.527. The lowest BCUT2D eigenvalue weighted by Crippen LogP contribution is -2.36. The number of carbonyl (C=O) groups excluding carboxylic acids is 2. The summed E-state index contributed by atoms with van der Waals surface area (Å²) in [6, 6.07) is 10.2. The maximum Gasteiger partial charge on any atom is 0.328 e. The zero-order valence-electron chi connectivity index (χ0n) is 15.0. The van der Waals surface area contributed by atoms with E-state index in [-0.39, 0.29) is 24.6 Å². The third-order valence-corrected chi connectivity index (χ3v) is 4.00. The number of aryl methyl sites for hydroxylation is 1. The van der Waals surface area contributed by atoms with Crippen molar-refractivity contribution < 1.29 is 14.0 Å². The minimum Gasteiger partial charge on any atom is -0.467 e. The van der Waals surface area contributed by atoms with Gasteiger partial charge in [0.2, 0.25) is 0 Å². The van der Waals surface area contributed by atoms with Crippen molar-refractivity contribution in [2.45, 2.75) is 13.1 Å². The molecule has 0 fully saturated rings. The van der Waals surface area contributed by atoms with Crippen molar-refractivity contribution in [1.29, 1.82) is 0 Å². The summed E-state index contributed by atoms with van der Waals surface area (Å²) in [5.41, 5.74) is -0.422. The zero-order valence-corrected chi connectivity index (χ0v) is 15.0. The summed E-state index contributed by atoms with van der Waals surface area (Å²) in [5.74, 6) is -0.261. The second kappa shape index (κ2) is 8.21. The molecule has 0 spiro atoms. The number of benzene rings is 1. The maximum atomic E-state index is 12.2. The van der Waals surface area contributed by atoms with Gasteiger partial charge in [-0.3, -0.25) is 19.4 Å². The van der Waals surface area contributed by atoms with E-state index in [2.05, 4.69) is 15.6 Å². The Hall–Kier alpha value is -3.88. The lowest BCUT2D eigenvalue weighted by atomic mass is 10.1. The molecule has 9 nitrogen and oxygen atoms in total. The van der Waals surface area contributed by atoms with Crippen molar-refractivity contribution >= 4 is 11.8 Å². The van der Waals surface area contributed by atoms with Crippen LogP contribution < -0.4 is 21.9 Å². The Morgan fingerprint density at radius 3 is 2.61 bits per heavy atom. The Balaban J connectivity index is 1.63. The molecule has 1 aromatic carbocycles. The molecule has 3 rings (SSSR count). The summed E-state index contributed by atoms with van der Waals surface area (Å²) in [7, 11) is 1.43. The number of hydrogen-bond acceptors (Lipinski definition) is 5. The van der Waals surface area contributed by atoms with E-state index in [0.717, 1.165) is 4.57 Å². The first kappa shape index (κ1) is 18.9. The molecule has 2 amide bonds. The van der Waals surface area contributed by atoms with Gasteiger partial charge >= 0.3 is 5.69 Å². The number of nitrogens with zero attached hydrogens (tertiary/aromatic N) is 1. The van der Waals surface area contributed by atoms with Crippen molar-refractivity contribution in [3.05, 3.63) is 92.1 Å². The quantitative estimate of drug-likeness (QED) is 0.573. The summed E-state index contributed by atoms with van der Waals surface area (Å²) in [6.07, 6.45) is 2.70. The predicted molar refractivity (Wildman–Crippen MR) is 99.8 cm³/mol. The summed E-state index contributed by atoms with van der Waals surface area (Å²) in [5, 5.41) is 5.34. The fourth-order valence-corrected chi connectivity index (χ4v) is 2.51. The van der Waals surface area contributed by atoms with E-state index in [1.165, 1.54) is 19.5 Å². The summed E-state index contributed by atoms with van der Waals surface area (Å²) < 4.78 is 6.28. The van der Waals surface area contributed by atoms with Crippen LogP contribution in [0, 0.1) is 0 Å². The smallest absolute Gasteiger partial charge is 0.328 e. The van der Waals surface area contributed by atoms with Crippen LogP contribution >= 0.6 is 0 Å². The van der Waals surface area contributed by atoms with E-state index in [4.69, 9.17) is 4.42 Å². The third-order valence-electron chi connectivity index (χ3n) is 4.00. The highest BCUT2D eigenvalue weighted by Gasteiger charge is 2.12. The Morgan fingerprint density at radius 2 is 1.86 bits per heavy atom. The molecule has 3 aromatic rings. The van der Waals surface area contributed by atoms with Crippen LogP contribution in [-0.4, -0.2) is 21.4 Å². The second-order valence-corrected chi connectivity index (χ2v) is 6.06. The summed E-state index contributed by atoms with van der Waals surface area (Å²) >= 11 is 0. The van der Waals surface area contributed by atoms with Gasteiger partial charge in [-0.05, 0) is 29.8 Å². The normalized spacial score (nSPS) is 10.5. The topological polar surface area (TPSA) is 126 Å². The molecule has 0 saturated carbocycles. The Kier molecular flexibility index (Phi) is 5.54. The molecule has 28 heavy (non-hydrogen) atoms. The standard InChI is InChI=1S/C19H18N4O5/c1-23-11-15(18(26)22-19(23)27)17(25)20-9-12-4-2-5-13(8-12)16(24)21-10-14-6-3-7-28-14/h2-8,11H,9-10H2,1H3,(H,20,25)(H,21,24)(H,22,26,27). The number of aromatic amines is 1. The minimum atomic E-state index is -0.758. The monoisotopic (exact) mass is 382 g/mol. The molecule has 0 saturated heterocycles. The number of rotatable bonds is 6. The van der Waals surface area contributed by atoms with Gasteiger partial charge in [-0.15, -0.1) is 0 Å². The van der Waals surface area contributed by atoms with Crippen LogP contribution in [0.1, 0.15) is 32.0 Å². The zero-order chi connectivity index (χ0) is 20.1. The summed E-state index contributed by atoms with van der Waals surface area (Å²) in [4.78, 5) is 49.7. The lowest BCUT2D eigenvalue weighted by Gasteiger charge is -2.08. The van der Waals surface area contributed by atoms with Gasteiger partial charge in [-0.2, -0.15) is 0 Å². The van der Waals surface area contributed by atoms with Gasteiger partial charge < -0.3 is 19.6 Å². The van der Waals surface area contributed by atoms with Crippen molar-refractivity contribution in [2.24, 2.45) is 7.05 Å². The first-order chi connectivity index (χ1) is 13.4. The van der Waals surface area contributed by atoms with Crippen LogP contribution in [0.25, 0.3) is 0 Å². The number of carbonyl (C=O) groups is 2. The average molecular weight is 382 g/mol. The van der Waals surface area contributed by atoms with E-state index in [1.54, 1.807) is 36.4 Å². The van der Waals surface area contributed by atoms with Gasteiger partial charge in [0.15, 0.2) is 0 Å². The molecule has 9 heteroatoms. The average Bonchev–Trinajstić information content (AvgIpc) is 3.21. The van der Waals surface area contributed by atoms with E-state index in [0.29, 0.717) is 16.9 Å². The van der Waals surface area contributed by atoms with Gasteiger partial charge in [0, 0.05) is 25.4 Å². The molecule has 0 unspecified atom stereocenters. The van der Waals surface area contributed by atoms with Gasteiger partial charge in [0.1, 0.15) is 11.3 Å². The van der Waals surface area contributed by atoms with Crippen LogP contribution in [0.3, 0.4) is 0 Å². The van der Waals surface area contributed by atoms with Crippen LogP contribution in [0.4, 0.5) is 0 Å². The van der Waals surface area contributed by atoms with Gasteiger partial charge in [0.05, 0.1) is 12.8 Å². The van der Waals surface area contributed by atoms with Crippen molar-refractivity contribution in [1.82, 2.24) is 20.2 Å². The van der Waals surface area contributed by atoms with Crippen LogP contribution in [0.5, 0.6) is 0 Å². The second-order valence-electron chi connectivity index (χ2n) is 6.06. The number of nitrogens with one attached hydrogen (secondary N) is 3. The molecule has 0 aliphatic rings. The number of H-pyrrole nitrogens is 1. The highest BCUT2D eigenvalue weighted by Crippen LogP contribution is 2.07. The number of aromatic nitrogens is 2. The lowest BCUT2D eigenvalue weighted by molar-refractivity contribution is 0.0942. The molecule has 144 valence electrons. The van der Waals surface area contributed by atoms with Gasteiger partial charge in [-0.25, -0.2) is 4.79 Å². The molecule has 0 aliphatic heterocycles. The van der Waals surface area contributed by atoms with Crippen LogP contribution in [0.15, 0.2) is 62.9 Å². The van der Waals surface area contributed by atoms with E-state index < -0.39 is 17.2 Å². The highest BCUT2D eigenvalue weighted by molar-refractivity contribution is 5.94. The molecular weight excluding hydrogens is 364 g/mol. The first-order valence-corrected chi connectivity index (χ1v) is 8.41. The van der Waals surface area contributed by atoms with E-state index >= 15 is 0 Å². The first-order valence-electron chi connectivity index (χ1n) is 8.41. The molecule has 0 aliphatic carbocycles. The minimum absolute atomic E-state index is 0.112. The van der Waals surface area contributed by atoms with Crippen molar-refractivity contribution in [2.75, 3.05) is 0 Å². The Labute approximate surface area is 159 Å². The summed E-state index contributed by atoms with van der Waals surface area (Å²) in [6.45, 7) is 0.378. The molecule has 2 aromatic heterocycles. The molecule has 3 N–H and O–H groups in total. The fraction of sp³-hybridized carbons (Fsp3) is 0.158. The molecular formula is C19H18N4O5. The largest absolute Gasteiger partial charge is 0.467 e. The molecule has 0 radical (unpaired) electrons. The van der Waals surface area contributed by atoms with Crippen LogP contribution in [0.2, 0.25) is 0 Å². The van der Waals surface area contributed by atoms with Crippen LogP contribution in [-0.2, 0) is 20.1 Å². The van der Waals surface area contributed by atoms with Gasteiger partial charge in [-0.1, -0.05) is 12.1 Å². The third kappa shape index (κ3) is 4.44. The number of amides is 2. The Morgan fingerprint density at radius 1 is 1.07 bits per heavy atom. The molecule has 2 heterocycles. The van der Waals surface area contributed by atoms with Crippen molar-refractivity contribution in [3.63, 3.8) is 0 Å². The number of hydrogen-bond donors (Lipinski definition) is 3. The fourth-order valence-electron chi connectivity index (χ4n) is 2.51. The Bertz CT molecular complexity index is 1110. The maximum absolute atomic E-state index is 12.2. The highest BCUT2D eigenvalue weighted by atomic mass is 16.3. The molecule has 0 bridgehead atoms. The molecule has 0 atom stereocenters. The van der Waals surface area contributed by atoms with Gasteiger partial charge in [0.25, 0.3) is 17.4 Å². The van der Waals surface area contributed by atoms with E-state index in [1.807, 2.05) is 0 Å². The van der Waals surface area contributed by atoms with Crippen molar-refractivity contribution in [3.8, 4) is 0 Å². The SMILES string of the molecule is Cn1cc(C(=O)NCc2cccc(C(=O)NCc3ccco3)c2)c(=O)[nH]c1=O. The number of furan rings is 1. The van der Waals surface area contributed by atoms with E-state index in [9.17, 15) is 19.2 Å².